The van der Waals surface area contributed by atoms with Crippen LogP contribution in [0, 0.1) is 6.92 Å². The number of rotatable bonds is 5. The summed E-state index contributed by atoms with van der Waals surface area (Å²) < 4.78 is 0. The first-order valence-electron chi connectivity index (χ1n) is 6.49. The number of thioether (sulfide) groups is 1. The van der Waals surface area contributed by atoms with Crippen LogP contribution in [0.5, 0.6) is 0 Å². The summed E-state index contributed by atoms with van der Waals surface area (Å²) in [5, 5.41) is 4.82. The van der Waals surface area contributed by atoms with E-state index in [0.717, 1.165) is 27.5 Å². The largest absolute Gasteiger partial charge is 0.397 e. The van der Waals surface area contributed by atoms with Gasteiger partial charge in [0.05, 0.1) is 16.3 Å². The van der Waals surface area contributed by atoms with Crippen molar-refractivity contribution in [3.05, 3.63) is 40.1 Å². The molecule has 0 unspecified atom stereocenters. The van der Waals surface area contributed by atoms with Gasteiger partial charge < -0.3 is 11.1 Å². The van der Waals surface area contributed by atoms with Crippen molar-refractivity contribution >= 4 is 40.4 Å². The number of hydrogen-bond donors (Lipinski definition) is 2. The standard InChI is InChI=1S/C15H18N2OS2/c1-3-7-19-11-4-5-12(16)13(9-11)17-15(18)14-10(2)6-8-20-14/h4-6,8-9H,3,7,16H2,1-2H3,(H,17,18). The van der Waals surface area contributed by atoms with E-state index in [1.165, 1.54) is 11.3 Å². The zero-order valence-corrected chi connectivity index (χ0v) is 13.2. The maximum Gasteiger partial charge on any atom is 0.266 e. The van der Waals surface area contributed by atoms with Crippen LogP contribution in [0.1, 0.15) is 28.6 Å². The van der Waals surface area contributed by atoms with E-state index in [9.17, 15) is 4.79 Å². The van der Waals surface area contributed by atoms with Gasteiger partial charge in [-0.1, -0.05) is 6.92 Å². The van der Waals surface area contributed by atoms with E-state index < -0.39 is 0 Å². The van der Waals surface area contributed by atoms with Crippen LogP contribution in [-0.2, 0) is 0 Å². The minimum absolute atomic E-state index is 0.0955. The number of aryl methyl sites for hydroxylation is 1. The Morgan fingerprint density at radius 3 is 2.85 bits per heavy atom. The predicted molar refractivity (Wildman–Crippen MR) is 88.9 cm³/mol. The molecule has 1 aromatic carbocycles. The summed E-state index contributed by atoms with van der Waals surface area (Å²) >= 11 is 3.21. The van der Waals surface area contributed by atoms with Crippen molar-refractivity contribution in [2.24, 2.45) is 0 Å². The highest BCUT2D eigenvalue weighted by molar-refractivity contribution is 7.99. The third-order valence-electron chi connectivity index (χ3n) is 2.81. The smallest absolute Gasteiger partial charge is 0.266 e. The molecular formula is C15H18N2OS2. The molecule has 0 aliphatic heterocycles. The molecular weight excluding hydrogens is 288 g/mol. The molecule has 3 N–H and O–H groups in total. The van der Waals surface area contributed by atoms with Gasteiger partial charge >= 0.3 is 0 Å². The predicted octanol–water partition coefficient (Wildman–Crippen LogP) is 4.39. The molecule has 20 heavy (non-hydrogen) atoms. The molecule has 2 rings (SSSR count). The minimum atomic E-state index is -0.0955. The highest BCUT2D eigenvalue weighted by Crippen LogP contribution is 2.28. The number of thiophene rings is 1. The first kappa shape index (κ1) is 14.9. The van der Waals surface area contributed by atoms with Crippen LogP contribution < -0.4 is 11.1 Å². The van der Waals surface area contributed by atoms with Gasteiger partial charge in [-0.05, 0) is 54.3 Å². The summed E-state index contributed by atoms with van der Waals surface area (Å²) in [5.74, 6) is 0.961. The Labute approximate surface area is 127 Å². The van der Waals surface area contributed by atoms with Gasteiger partial charge in [0, 0.05) is 4.90 Å². The van der Waals surface area contributed by atoms with Crippen molar-refractivity contribution in [2.45, 2.75) is 25.2 Å². The molecule has 0 aliphatic carbocycles. The lowest BCUT2D eigenvalue weighted by Gasteiger charge is -2.10. The molecule has 3 nitrogen and oxygen atoms in total. The third kappa shape index (κ3) is 3.55. The number of nitrogens with two attached hydrogens (primary N) is 1. The van der Waals surface area contributed by atoms with Crippen LogP contribution in [-0.4, -0.2) is 11.7 Å². The van der Waals surface area contributed by atoms with Crippen molar-refractivity contribution < 1.29 is 4.79 Å². The maximum atomic E-state index is 12.2. The Morgan fingerprint density at radius 1 is 1.40 bits per heavy atom. The van der Waals surface area contributed by atoms with Gasteiger partial charge in [-0.2, -0.15) is 0 Å². The average Bonchev–Trinajstić information content (AvgIpc) is 2.86. The SMILES string of the molecule is CCCSc1ccc(N)c(NC(=O)c2sccc2C)c1. The molecule has 0 saturated carbocycles. The molecule has 106 valence electrons. The van der Waals surface area contributed by atoms with Crippen LogP contribution in [0.4, 0.5) is 11.4 Å². The summed E-state index contributed by atoms with van der Waals surface area (Å²) in [6.45, 7) is 4.08. The number of nitrogen functional groups attached to an aromatic ring is 1. The molecule has 0 spiro atoms. The number of hydrogen-bond acceptors (Lipinski definition) is 4. The third-order valence-corrected chi connectivity index (χ3v) is 5.03. The molecule has 0 saturated heterocycles. The van der Waals surface area contributed by atoms with Crippen LogP contribution in [0.2, 0.25) is 0 Å². The van der Waals surface area contributed by atoms with E-state index in [2.05, 4.69) is 12.2 Å². The van der Waals surface area contributed by atoms with E-state index in [-0.39, 0.29) is 5.91 Å². The van der Waals surface area contributed by atoms with Crippen molar-refractivity contribution in [3.63, 3.8) is 0 Å². The summed E-state index contributed by atoms with van der Waals surface area (Å²) in [6.07, 6.45) is 1.12. The van der Waals surface area contributed by atoms with E-state index in [0.29, 0.717) is 11.4 Å². The average molecular weight is 306 g/mol. The van der Waals surface area contributed by atoms with Crippen molar-refractivity contribution in [1.82, 2.24) is 0 Å². The van der Waals surface area contributed by atoms with Gasteiger partial charge in [0.25, 0.3) is 5.91 Å². The molecule has 2 aromatic rings. The van der Waals surface area contributed by atoms with Gasteiger partial charge in [0.15, 0.2) is 0 Å². The fraction of sp³-hybridized carbons (Fsp3) is 0.267. The molecule has 0 atom stereocenters. The topological polar surface area (TPSA) is 55.1 Å². The monoisotopic (exact) mass is 306 g/mol. The molecule has 0 fully saturated rings. The zero-order chi connectivity index (χ0) is 14.5. The van der Waals surface area contributed by atoms with Crippen molar-refractivity contribution in [2.75, 3.05) is 16.8 Å². The Bertz CT molecular complexity index is 608. The number of nitrogens with one attached hydrogen (secondary N) is 1. The second kappa shape index (κ2) is 6.81. The quantitative estimate of drug-likeness (QED) is 0.636. The highest BCUT2D eigenvalue weighted by atomic mass is 32.2. The van der Waals surface area contributed by atoms with Gasteiger partial charge in [0.2, 0.25) is 0 Å². The van der Waals surface area contributed by atoms with Crippen LogP contribution in [0.15, 0.2) is 34.5 Å². The van der Waals surface area contributed by atoms with Crippen molar-refractivity contribution in [3.8, 4) is 0 Å². The van der Waals surface area contributed by atoms with Crippen LogP contribution in [0.3, 0.4) is 0 Å². The Hall–Kier alpha value is -1.46. The Morgan fingerprint density at radius 2 is 2.20 bits per heavy atom. The number of carbonyl (C=O) groups excluding carboxylic acids is 1. The maximum absolute atomic E-state index is 12.2. The number of anilines is 2. The molecule has 5 heteroatoms. The summed E-state index contributed by atoms with van der Waals surface area (Å²) in [5.41, 5.74) is 8.20. The summed E-state index contributed by atoms with van der Waals surface area (Å²) in [4.78, 5) is 14.1. The van der Waals surface area contributed by atoms with Crippen molar-refractivity contribution in [1.29, 1.82) is 0 Å². The first-order valence-corrected chi connectivity index (χ1v) is 8.36. The van der Waals surface area contributed by atoms with Gasteiger partial charge in [-0.3, -0.25) is 4.79 Å². The van der Waals surface area contributed by atoms with Crippen LogP contribution in [0.25, 0.3) is 0 Å². The minimum Gasteiger partial charge on any atom is -0.397 e. The van der Waals surface area contributed by atoms with E-state index >= 15 is 0 Å². The fourth-order valence-corrected chi connectivity index (χ4v) is 3.36. The van der Waals surface area contributed by atoms with E-state index in [4.69, 9.17) is 5.73 Å². The molecule has 1 aromatic heterocycles. The molecule has 0 aliphatic rings. The lowest BCUT2D eigenvalue weighted by atomic mass is 10.2. The second-order valence-electron chi connectivity index (χ2n) is 4.48. The lowest BCUT2D eigenvalue weighted by molar-refractivity contribution is 0.103. The van der Waals surface area contributed by atoms with Gasteiger partial charge in [-0.25, -0.2) is 0 Å². The van der Waals surface area contributed by atoms with Crippen LogP contribution >= 0.6 is 23.1 Å². The second-order valence-corrected chi connectivity index (χ2v) is 6.57. The Balaban J connectivity index is 2.16. The molecule has 0 bridgehead atoms. The fourth-order valence-electron chi connectivity index (χ4n) is 1.74. The summed E-state index contributed by atoms with van der Waals surface area (Å²) in [6, 6.07) is 7.71. The van der Waals surface area contributed by atoms with Gasteiger partial charge in [0.1, 0.15) is 0 Å². The lowest BCUT2D eigenvalue weighted by Crippen LogP contribution is -2.12. The van der Waals surface area contributed by atoms with Gasteiger partial charge in [-0.15, -0.1) is 23.1 Å². The zero-order valence-electron chi connectivity index (χ0n) is 11.6. The van der Waals surface area contributed by atoms with E-state index in [1.54, 1.807) is 11.8 Å². The highest BCUT2D eigenvalue weighted by Gasteiger charge is 2.12. The number of amides is 1. The number of benzene rings is 1. The van der Waals surface area contributed by atoms with E-state index in [1.807, 2.05) is 36.6 Å². The summed E-state index contributed by atoms with van der Waals surface area (Å²) in [7, 11) is 0. The Kier molecular flexibility index (Phi) is 5.09. The molecule has 0 radical (unpaired) electrons. The first-order chi connectivity index (χ1) is 9.61. The normalized spacial score (nSPS) is 10.5. The molecule has 1 heterocycles. The molecule has 1 amide bonds. The number of carbonyl (C=O) groups is 1.